The fourth-order valence-corrected chi connectivity index (χ4v) is 2.12. The molecule has 0 N–H and O–H groups in total. The Bertz CT molecular complexity index is 473. The molecule has 88 valence electrons. The summed E-state index contributed by atoms with van der Waals surface area (Å²) in [6.07, 6.45) is 2.31. The normalized spacial score (nSPS) is 15.7. The molecular formula is C12H13N3O2. The topological polar surface area (TPSA) is 70.2 Å². The Morgan fingerprint density at radius 2 is 2.12 bits per heavy atom. The van der Waals surface area contributed by atoms with Crippen LogP contribution in [0.5, 0.6) is 0 Å². The van der Waals surface area contributed by atoms with Gasteiger partial charge >= 0.3 is 0 Å². The highest BCUT2D eigenvalue weighted by Gasteiger charge is 2.19. The van der Waals surface area contributed by atoms with E-state index in [1.165, 1.54) is 6.07 Å². The Kier molecular flexibility index (Phi) is 3.35. The number of nitro groups is 1. The molecule has 1 heterocycles. The quantitative estimate of drug-likeness (QED) is 0.589. The van der Waals surface area contributed by atoms with Crippen LogP contribution in [-0.4, -0.2) is 22.9 Å². The van der Waals surface area contributed by atoms with E-state index in [1.54, 1.807) is 12.1 Å². The number of rotatable bonds is 3. The minimum Gasteiger partial charge on any atom is -0.299 e. The van der Waals surface area contributed by atoms with Crippen LogP contribution in [0.15, 0.2) is 18.2 Å². The summed E-state index contributed by atoms with van der Waals surface area (Å²) in [6.45, 7) is 2.59. The zero-order valence-corrected chi connectivity index (χ0v) is 9.43. The van der Waals surface area contributed by atoms with E-state index < -0.39 is 4.92 Å². The summed E-state index contributed by atoms with van der Waals surface area (Å²) in [4.78, 5) is 12.7. The summed E-state index contributed by atoms with van der Waals surface area (Å²) in [5.41, 5.74) is 1.08. The highest BCUT2D eigenvalue weighted by molar-refractivity contribution is 5.47. The fourth-order valence-electron chi connectivity index (χ4n) is 2.12. The van der Waals surface area contributed by atoms with Crippen molar-refractivity contribution in [1.29, 1.82) is 5.26 Å². The second kappa shape index (κ2) is 4.93. The zero-order valence-electron chi connectivity index (χ0n) is 9.43. The van der Waals surface area contributed by atoms with Gasteiger partial charge in [0.15, 0.2) is 0 Å². The van der Waals surface area contributed by atoms with E-state index in [-0.39, 0.29) is 5.69 Å². The molecule has 0 aromatic heterocycles. The minimum absolute atomic E-state index is 0.0518. The molecule has 0 bridgehead atoms. The van der Waals surface area contributed by atoms with Gasteiger partial charge in [0.2, 0.25) is 0 Å². The van der Waals surface area contributed by atoms with E-state index in [0.29, 0.717) is 17.7 Å². The Labute approximate surface area is 99.4 Å². The number of benzene rings is 1. The van der Waals surface area contributed by atoms with Crippen LogP contribution in [0.2, 0.25) is 0 Å². The summed E-state index contributed by atoms with van der Waals surface area (Å²) in [5.74, 6) is 0. The van der Waals surface area contributed by atoms with Gasteiger partial charge in [0.1, 0.15) is 0 Å². The summed E-state index contributed by atoms with van der Waals surface area (Å²) in [5, 5.41) is 19.7. The van der Waals surface area contributed by atoms with Crippen molar-refractivity contribution in [3.8, 4) is 6.07 Å². The SMILES string of the molecule is N#Cc1ccc(CN2CCCC2)c([N+](=O)[O-])c1. The number of likely N-dealkylation sites (tertiary alicyclic amines) is 1. The lowest BCUT2D eigenvalue weighted by molar-refractivity contribution is -0.385. The molecule has 17 heavy (non-hydrogen) atoms. The fraction of sp³-hybridized carbons (Fsp3) is 0.417. The lowest BCUT2D eigenvalue weighted by Crippen LogP contribution is -2.19. The Balaban J connectivity index is 2.26. The van der Waals surface area contributed by atoms with Gasteiger partial charge in [0.05, 0.1) is 16.6 Å². The largest absolute Gasteiger partial charge is 0.299 e. The first-order valence-electron chi connectivity index (χ1n) is 5.60. The maximum atomic E-state index is 10.9. The first kappa shape index (κ1) is 11.6. The van der Waals surface area contributed by atoms with Crippen LogP contribution in [0.4, 0.5) is 5.69 Å². The van der Waals surface area contributed by atoms with Gasteiger partial charge in [-0.3, -0.25) is 15.0 Å². The molecule has 1 aromatic carbocycles. The number of nitriles is 1. The van der Waals surface area contributed by atoms with Gasteiger partial charge in [-0.05, 0) is 38.1 Å². The van der Waals surface area contributed by atoms with Crippen LogP contribution in [0.3, 0.4) is 0 Å². The molecule has 1 saturated heterocycles. The lowest BCUT2D eigenvalue weighted by Gasteiger charge is -2.14. The smallest absolute Gasteiger partial charge is 0.275 e. The van der Waals surface area contributed by atoms with Crippen molar-refractivity contribution in [2.75, 3.05) is 13.1 Å². The molecule has 1 aromatic rings. The molecule has 5 nitrogen and oxygen atoms in total. The minimum atomic E-state index is -0.410. The van der Waals surface area contributed by atoms with Crippen LogP contribution in [0, 0.1) is 21.4 Å². The number of hydrogen-bond acceptors (Lipinski definition) is 4. The lowest BCUT2D eigenvalue weighted by atomic mass is 10.1. The van der Waals surface area contributed by atoms with E-state index in [0.717, 1.165) is 25.9 Å². The molecule has 0 amide bonds. The summed E-state index contributed by atoms with van der Waals surface area (Å²) in [7, 11) is 0. The molecule has 0 radical (unpaired) electrons. The molecule has 0 atom stereocenters. The van der Waals surface area contributed by atoms with Crippen molar-refractivity contribution in [3.05, 3.63) is 39.4 Å². The van der Waals surface area contributed by atoms with E-state index >= 15 is 0 Å². The third-order valence-electron chi connectivity index (χ3n) is 3.00. The third-order valence-corrected chi connectivity index (χ3v) is 3.00. The third kappa shape index (κ3) is 2.60. The summed E-state index contributed by atoms with van der Waals surface area (Å²) >= 11 is 0. The predicted octanol–water partition coefficient (Wildman–Crippen LogP) is 2.06. The first-order valence-corrected chi connectivity index (χ1v) is 5.60. The Hall–Kier alpha value is -1.93. The van der Waals surface area contributed by atoms with Gasteiger partial charge in [0, 0.05) is 18.2 Å². The molecular weight excluding hydrogens is 218 g/mol. The highest BCUT2D eigenvalue weighted by Crippen LogP contribution is 2.23. The van der Waals surface area contributed by atoms with Gasteiger partial charge in [-0.25, -0.2) is 0 Å². The second-order valence-corrected chi connectivity index (χ2v) is 4.20. The van der Waals surface area contributed by atoms with Crippen LogP contribution in [0.1, 0.15) is 24.0 Å². The number of hydrogen-bond donors (Lipinski definition) is 0. The van der Waals surface area contributed by atoms with Crippen LogP contribution < -0.4 is 0 Å². The first-order chi connectivity index (χ1) is 8.20. The van der Waals surface area contributed by atoms with E-state index in [9.17, 15) is 10.1 Å². The number of nitrogens with zero attached hydrogens (tertiary/aromatic N) is 3. The van der Waals surface area contributed by atoms with Gasteiger partial charge in [-0.1, -0.05) is 0 Å². The summed E-state index contributed by atoms with van der Waals surface area (Å²) < 4.78 is 0. The molecule has 0 spiro atoms. The molecule has 1 aliphatic rings. The molecule has 0 saturated carbocycles. The van der Waals surface area contributed by atoms with Crippen LogP contribution >= 0.6 is 0 Å². The maximum Gasteiger partial charge on any atom is 0.275 e. The number of nitro benzene ring substituents is 1. The average Bonchev–Trinajstić information content (AvgIpc) is 2.82. The molecule has 2 rings (SSSR count). The zero-order chi connectivity index (χ0) is 12.3. The molecule has 0 aliphatic carbocycles. The van der Waals surface area contributed by atoms with Crippen molar-refractivity contribution in [2.45, 2.75) is 19.4 Å². The second-order valence-electron chi connectivity index (χ2n) is 4.20. The van der Waals surface area contributed by atoms with E-state index in [1.807, 2.05) is 6.07 Å². The Morgan fingerprint density at radius 1 is 1.41 bits per heavy atom. The highest BCUT2D eigenvalue weighted by atomic mass is 16.6. The van der Waals surface area contributed by atoms with Crippen molar-refractivity contribution in [1.82, 2.24) is 4.90 Å². The van der Waals surface area contributed by atoms with Crippen molar-refractivity contribution >= 4 is 5.69 Å². The molecule has 5 heteroatoms. The Morgan fingerprint density at radius 3 is 2.71 bits per heavy atom. The van der Waals surface area contributed by atoms with Crippen LogP contribution in [-0.2, 0) is 6.54 Å². The van der Waals surface area contributed by atoms with Gasteiger partial charge < -0.3 is 0 Å². The van der Waals surface area contributed by atoms with Gasteiger partial charge in [0.25, 0.3) is 5.69 Å². The van der Waals surface area contributed by atoms with Gasteiger partial charge in [-0.2, -0.15) is 5.26 Å². The van der Waals surface area contributed by atoms with Crippen molar-refractivity contribution in [3.63, 3.8) is 0 Å². The average molecular weight is 231 g/mol. The van der Waals surface area contributed by atoms with E-state index in [4.69, 9.17) is 5.26 Å². The maximum absolute atomic E-state index is 10.9. The van der Waals surface area contributed by atoms with Crippen molar-refractivity contribution in [2.24, 2.45) is 0 Å². The van der Waals surface area contributed by atoms with Crippen LogP contribution in [0.25, 0.3) is 0 Å². The summed E-state index contributed by atoms with van der Waals surface area (Å²) in [6, 6.07) is 6.60. The molecule has 1 fully saturated rings. The monoisotopic (exact) mass is 231 g/mol. The molecule has 1 aliphatic heterocycles. The predicted molar refractivity (Wildman–Crippen MR) is 62.3 cm³/mol. The standard InChI is InChI=1S/C12H13N3O2/c13-8-10-3-4-11(12(7-10)15(16)17)9-14-5-1-2-6-14/h3-4,7H,1-2,5-6,9H2. The van der Waals surface area contributed by atoms with Crippen molar-refractivity contribution < 1.29 is 4.92 Å². The van der Waals surface area contributed by atoms with E-state index in [2.05, 4.69) is 4.90 Å². The van der Waals surface area contributed by atoms with Gasteiger partial charge in [-0.15, -0.1) is 0 Å². The molecule has 0 unspecified atom stereocenters.